The van der Waals surface area contributed by atoms with Crippen molar-refractivity contribution in [2.24, 2.45) is 0 Å². The van der Waals surface area contributed by atoms with E-state index >= 15 is 0 Å². The zero-order valence-corrected chi connectivity index (χ0v) is 12.7. The quantitative estimate of drug-likeness (QED) is 0.876. The predicted molar refractivity (Wildman–Crippen MR) is 79.6 cm³/mol. The van der Waals surface area contributed by atoms with Gasteiger partial charge in [0.1, 0.15) is 5.82 Å². The van der Waals surface area contributed by atoms with E-state index < -0.39 is 5.82 Å². The number of halogens is 2. The van der Waals surface area contributed by atoms with Gasteiger partial charge in [0.2, 0.25) is 0 Å². The van der Waals surface area contributed by atoms with Crippen LogP contribution in [-0.2, 0) is 12.0 Å². The summed E-state index contributed by atoms with van der Waals surface area (Å²) in [6, 6.07) is 4.71. The van der Waals surface area contributed by atoms with Crippen molar-refractivity contribution in [3.05, 3.63) is 45.1 Å². The molecular weight excluding hydrogens is 283 g/mol. The standard InChI is InChI=1S/C14H16ClFN2S/c1-14(2,3)13-18-8-10(19-13)7-17-9-4-5-11(15)12(16)6-9/h4-6,8,17H,7H2,1-3H3. The Morgan fingerprint density at radius 1 is 1.37 bits per heavy atom. The van der Waals surface area contributed by atoms with Gasteiger partial charge in [-0.3, -0.25) is 0 Å². The fraction of sp³-hybridized carbons (Fsp3) is 0.357. The van der Waals surface area contributed by atoms with Crippen LogP contribution in [0, 0.1) is 5.82 Å². The van der Waals surface area contributed by atoms with Crippen LogP contribution < -0.4 is 5.32 Å². The van der Waals surface area contributed by atoms with E-state index in [9.17, 15) is 4.39 Å². The minimum Gasteiger partial charge on any atom is -0.380 e. The van der Waals surface area contributed by atoms with Crippen LogP contribution in [0.5, 0.6) is 0 Å². The third kappa shape index (κ3) is 3.67. The lowest BCUT2D eigenvalue weighted by atomic mass is 9.98. The molecule has 5 heteroatoms. The van der Waals surface area contributed by atoms with Crippen LogP contribution in [0.25, 0.3) is 0 Å². The molecule has 1 N–H and O–H groups in total. The Morgan fingerprint density at radius 3 is 2.68 bits per heavy atom. The van der Waals surface area contributed by atoms with Gasteiger partial charge in [0, 0.05) is 22.2 Å². The molecule has 0 bridgehead atoms. The smallest absolute Gasteiger partial charge is 0.143 e. The summed E-state index contributed by atoms with van der Waals surface area (Å²) in [7, 11) is 0. The van der Waals surface area contributed by atoms with Gasteiger partial charge in [0.15, 0.2) is 0 Å². The van der Waals surface area contributed by atoms with Crippen molar-refractivity contribution >= 4 is 28.6 Å². The fourth-order valence-electron chi connectivity index (χ4n) is 1.53. The third-order valence-electron chi connectivity index (χ3n) is 2.58. The van der Waals surface area contributed by atoms with E-state index in [-0.39, 0.29) is 10.4 Å². The molecule has 0 spiro atoms. The highest BCUT2D eigenvalue weighted by Crippen LogP contribution is 2.27. The fourth-order valence-corrected chi connectivity index (χ4v) is 2.56. The molecule has 0 atom stereocenters. The van der Waals surface area contributed by atoms with Crippen LogP contribution in [0.4, 0.5) is 10.1 Å². The number of rotatable bonds is 3. The maximum absolute atomic E-state index is 13.3. The van der Waals surface area contributed by atoms with Gasteiger partial charge in [-0.2, -0.15) is 0 Å². The summed E-state index contributed by atoms with van der Waals surface area (Å²) in [5.74, 6) is -0.411. The highest BCUT2D eigenvalue weighted by atomic mass is 35.5. The number of hydrogen-bond acceptors (Lipinski definition) is 3. The molecule has 0 aliphatic heterocycles. The van der Waals surface area contributed by atoms with Gasteiger partial charge in [-0.1, -0.05) is 32.4 Å². The average molecular weight is 299 g/mol. The highest BCUT2D eigenvalue weighted by Gasteiger charge is 2.17. The average Bonchev–Trinajstić information content (AvgIpc) is 2.79. The van der Waals surface area contributed by atoms with Crippen LogP contribution in [0.1, 0.15) is 30.7 Å². The maximum Gasteiger partial charge on any atom is 0.143 e. The summed E-state index contributed by atoms with van der Waals surface area (Å²) >= 11 is 7.31. The second-order valence-electron chi connectivity index (χ2n) is 5.36. The number of anilines is 1. The van der Waals surface area contributed by atoms with Gasteiger partial charge >= 0.3 is 0 Å². The number of nitrogens with zero attached hydrogens (tertiary/aromatic N) is 1. The molecule has 0 fully saturated rings. The summed E-state index contributed by atoms with van der Waals surface area (Å²) in [6.07, 6.45) is 1.87. The Kier molecular flexibility index (Phi) is 4.11. The lowest BCUT2D eigenvalue weighted by molar-refractivity contribution is 0.585. The second kappa shape index (κ2) is 5.47. The summed E-state index contributed by atoms with van der Waals surface area (Å²) in [5.41, 5.74) is 0.780. The number of thiazole rings is 1. The van der Waals surface area contributed by atoms with Crippen molar-refractivity contribution in [2.75, 3.05) is 5.32 Å². The summed E-state index contributed by atoms with van der Waals surface area (Å²) < 4.78 is 13.3. The minimum absolute atomic E-state index is 0.0648. The predicted octanol–water partition coefficient (Wildman–Crippen LogP) is 4.85. The molecule has 0 radical (unpaired) electrons. The van der Waals surface area contributed by atoms with E-state index in [1.54, 1.807) is 23.5 Å². The minimum atomic E-state index is -0.411. The van der Waals surface area contributed by atoms with Crippen LogP contribution in [0.3, 0.4) is 0 Å². The maximum atomic E-state index is 13.3. The molecule has 19 heavy (non-hydrogen) atoms. The lowest BCUT2D eigenvalue weighted by Crippen LogP contribution is -2.09. The SMILES string of the molecule is CC(C)(C)c1ncc(CNc2ccc(Cl)c(F)c2)s1. The van der Waals surface area contributed by atoms with E-state index in [2.05, 4.69) is 31.1 Å². The zero-order valence-electron chi connectivity index (χ0n) is 11.1. The summed E-state index contributed by atoms with van der Waals surface area (Å²) in [4.78, 5) is 5.54. The summed E-state index contributed by atoms with van der Waals surface area (Å²) in [6.45, 7) is 7.04. The molecule has 1 heterocycles. The van der Waals surface area contributed by atoms with Gasteiger partial charge < -0.3 is 5.32 Å². The molecule has 1 aromatic heterocycles. The Morgan fingerprint density at radius 2 is 2.11 bits per heavy atom. The van der Waals surface area contributed by atoms with E-state index in [1.807, 2.05) is 6.20 Å². The normalized spacial score (nSPS) is 11.6. The Labute approximate surface area is 121 Å². The molecule has 0 aliphatic rings. The van der Waals surface area contributed by atoms with Crippen LogP contribution in [0.2, 0.25) is 5.02 Å². The van der Waals surface area contributed by atoms with Gasteiger partial charge in [-0.05, 0) is 18.2 Å². The molecule has 0 saturated carbocycles. The van der Waals surface area contributed by atoms with Gasteiger partial charge in [0.05, 0.1) is 16.6 Å². The van der Waals surface area contributed by atoms with Crippen molar-refractivity contribution in [3.63, 3.8) is 0 Å². The third-order valence-corrected chi connectivity index (χ3v) is 4.31. The topological polar surface area (TPSA) is 24.9 Å². The largest absolute Gasteiger partial charge is 0.380 e. The van der Waals surface area contributed by atoms with Gasteiger partial charge in [-0.25, -0.2) is 9.37 Å². The highest BCUT2D eigenvalue weighted by molar-refractivity contribution is 7.11. The Hall–Kier alpha value is -1.13. The summed E-state index contributed by atoms with van der Waals surface area (Å²) in [5, 5.41) is 4.41. The molecule has 0 aliphatic carbocycles. The van der Waals surface area contributed by atoms with Gasteiger partial charge in [0.25, 0.3) is 0 Å². The number of aromatic nitrogens is 1. The molecule has 2 rings (SSSR count). The van der Waals surface area contributed by atoms with Crippen molar-refractivity contribution in [3.8, 4) is 0 Å². The number of hydrogen-bond donors (Lipinski definition) is 1. The number of nitrogens with one attached hydrogen (secondary N) is 1. The van der Waals surface area contributed by atoms with Crippen molar-refractivity contribution < 1.29 is 4.39 Å². The molecule has 0 saturated heterocycles. The number of benzene rings is 1. The molecule has 2 aromatic rings. The van der Waals surface area contributed by atoms with Crippen molar-refractivity contribution in [1.82, 2.24) is 4.98 Å². The first kappa shape index (κ1) is 14.3. The van der Waals surface area contributed by atoms with Crippen molar-refractivity contribution in [1.29, 1.82) is 0 Å². The molecule has 0 amide bonds. The molecule has 1 aromatic carbocycles. The molecular formula is C14H16ClFN2S. The van der Waals surface area contributed by atoms with E-state index in [0.717, 1.165) is 9.88 Å². The van der Waals surface area contributed by atoms with Crippen LogP contribution in [0.15, 0.2) is 24.4 Å². The zero-order chi connectivity index (χ0) is 14.0. The molecule has 0 unspecified atom stereocenters. The van der Waals surface area contributed by atoms with Crippen LogP contribution >= 0.6 is 22.9 Å². The van der Waals surface area contributed by atoms with E-state index in [0.29, 0.717) is 12.2 Å². The van der Waals surface area contributed by atoms with E-state index in [4.69, 9.17) is 11.6 Å². The first-order valence-corrected chi connectivity index (χ1v) is 7.20. The van der Waals surface area contributed by atoms with E-state index in [1.165, 1.54) is 6.07 Å². The second-order valence-corrected chi connectivity index (χ2v) is 6.89. The lowest BCUT2D eigenvalue weighted by Gasteiger charge is -2.13. The Balaban J connectivity index is 2.02. The first-order chi connectivity index (χ1) is 8.86. The first-order valence-electron chi connectivity index (χ1n) is 6.00. The van der Waals surface area contributed by atoms with Gasteiger partial charge in [-0.15, -0.1) is 11.3 Å². The molecule has 2 nitrogen and oxygen atoms in total. The molecule has 102 valence electrons. The van der Waals surface area contributed by atoms with Crippen molar-refractivity contribution in [2.45, 2.75) is 32.7 Å². The van der Waals surface area contributed by atoms with Crippen LogP contribution in [-0.4, -0.2) is 4.98 Å². The monoisotopic (exact) mass is 298 g/mol. The Bertz CT molecular complexity index is 575.